The van der Waals surface area contributed by atoms with Crippen LogP contribution < -0.4 is 20.9 Å². The number of nitrogens with zero attached hydrogens (tertiary/aromatic N) is 1. The Kier molecular flexibility index (Phi) is 4.80. The minimum atomic E-state index is -0.644. The van der Waals surface area contributed by atoms with Crippen LogP contribution in [0.5, 0.6) is 5.75 Å². The van der Waals surface area contributed by atoms with Gasteiger partial charge in [0.15, 0.2) is 6.10 Å². The Hall–Kier alpha value is -2.08. The molecule has 1 aliphatic rings. The monoisotopic (exact) mass is 291 g/mol. The van der Waals surface area contributed by atoms with E-state index in [-0.39, 0.29) is 17.7 Å². The van der Waals surface area contributed by atoms with E-state index in [0.29, 0.717) is 12.2 Å². The van der Waals surface area contributed by atoms with Gasteiger partial charge >= 0.3 is 0 Å². The molecule has 0 saturated carbocycles. The number of carbonyl (C=O) groups excluding carboxylic acids is 2. The van der Waals surface area contributed by atoms with Gasteiger partial charge in [0.1, 0.15) is 5.75 Å². The van der Waals surface area contributed by atoms with Gasteiger partial charge in [-0.1, -0.05) is 13.8 Å². The maximum atomic E-state index is 11.7. The third kappa shape index (κ3) is 3.52. The first-order valence-electron chi connectivity index (χ1n) is 7.10. The molecular weight excluding hydrogens is 270 g/mol. The quantitative estimate of drug-likeness (QED) is 0.485. The zero-order valence-electron chi connectivity index (χ0n) is 12.3. The number of benzene rings is 1. The van der Waals surface area contributed by atoms with Gasteiger partial charge in [-0.05, 0) is 36.6 Å². The lowest BCUT2D eigenvalue weighted by atomic mass is 10.1. The van der Waals surface area contributed by atoms with Gasteiger partial charge in [-0.2, -0.15) is 0 Å². The topological polar surface area (TPSA) is 84.7 Å². The molecule has 21 heavy (non-hydrogen) atoms. The molecule has 1 aromatic rings. The molecule has 0 aliphatic carbocycles. The SMILES string of the molecule is CC(C)C(Oc1ccc(N2CCCC2=O)cc1)C(=O)NN. The van der Waals surface area contributed by atoms with E-state index in [9.17, 15) is 9.59 Å². The van der Waals surface area contributed by atoms with Crippen molar-refractivity contribution in [3.63, 3.8) is 0 Å². The molecule has 1 fully saturated rings. The fourth-order valence-electron chi connectivity index (χ4n) is 2.35. The summed E-state index contributed by atoms with van der Waals surface area (Å²) in [7, 11) is 0. The molecule has 2 amide bonds. The van der Waals surface area contributed by atoms with Crippen LogP contribution in [0.2, 0.25) is 0 Å². The third-order valence-electron chi connectivity index (χ3n) is 3.49. The molecule has 0 spiro atoms. The van der Waals surface area contributed by atoms with Crippen molar-refractivity contribution < 1.29 is 14.3 Å². The van der Waals surface area contributed by atoms with E-state index >= 15 is 0 Å². The molecule has 1 aromatic carbocycles. The van der Waals surface area contributed by atoms with Crippen LogP contribution in [0.15, 0.2) is 24.3 Å². The zero-order chi connectivity index (χ0) is 15.4. The standard InChI is InChI=1S/C15H21N3O3/c1-10(2)14(15(20)17-16)21-12-7-5-11(6-8-12)18-9-3-4-13(18)19/h5-8,10,14H,3-4,9,16H2,1-2H3,(H,17,20). The van der Waals surface area contributed by atoms with Crippen LogP contribution in [0.1, 0.15) is 26.7 Å². The lowest BCUT2D eigenvalue weighted by Crippen LogP contribution is -2.44. The first-order chi connectivity index (χ1) is 10.0. The number of nitrogens with two attached hydrogens (primary N) is 1. The maximum absolute atomic E-state index is 11.7. The first kappa shape index (κ1) is 15.3. The number of nitrogens with one attached hydrogen (secondary N) is 1. The average molecular weight is 291 g/mol. The minimum Gasteiger partial charge on any atom is -0.480 e. The van der Waals surface area contributed by atoms with Crippen LogP contribution in [0.3, 0.4) is 0 Å². The van der Waals surface area contributed by atoms with Gasteiger partial charge in [-0.3, -0.25) is 15.0 Å². The van der Waals surface area contributed by atoms with Crippen molar-refractivity contribution >= 4 is 17.5 Å². The summed E-state index contributed by atoms with van der Waals surface area (Å²) in [5.41, 5.74) is 2.97. The fourth-order valence-corrected chi connectivity index (χ4v) is 2.35. The Labute approximate surface area is 124 Å². The predicted octanol–water partition coefficient (Wildman–Crippen LogP) is 1.21. The van der Waals surface area contributed by atoms with Gasteiger partial charge in [-0.15, -0.1) is 0 Å². The van der Waals surface area contributed by atoms with Crippen molar-refractivity contribution in [3.05, 3.63) is 24.3 Å². The highest BCUT2D eigenvalue weighted by molar-refractivity contribution is 5.95. The molecule has 0 radical (unpaired) electrons. The summed E-state index contributed by atoms with van der Waals surface area (Å²) >= 11 is 0. The Balaban J connectivity index is 2.08. The second kappa shape index (κ2) is 6.58. The highest BCUT2D eigenvalue weighted by atomic mass is 16.5. The van der Waals surface area contributed by atoms with Crippen molar-refractivity contribution in [1.82, 2.24) is 5.43 Å². The third-order valence-corrected chi connectivity index (χ3v) is 3.49. The lowest BCUT2D eigenvalue weighted by molar-refractivity contribution is -0.129. The van der Waals surface area contributed by atoms with Crippen molar-refractivity contribution in [2.75, 3.05) is 11.4 Å². The van der Waals surface area contributed by atoms with E-state index in [4.69, 9.17) is 10.6 Å². The van der Waals surface area contributed by atoms with Crippen molar-refractivity contribution in [3.8, 4) is 5.75 Å². The highest BCUT2D eigenvalue weighted by Gasteiger charge is 2.24. The number of anilines is 1. The molecule has 1 atom stereocenters. The Morgan fingerprint density at radius 2 is 2.00 bits per heavy atom. The van der Waals surface area contributed by atoms with Crippen LogP contribution in [-0.4, -0.2) is 24.5 Å². The summed E-state index contributed by atoms with van der Waals surface area (Å²) in [4.78, 5) is 25.1. The minimum absolute atomic E-state index is 0.00612. The average Bonchev–Trinajstić information content (AvgIpc) is 2.90. The van der Waals surface area contributed by atoms with Gasteiger partial charge in [0, 0.05) is 18.7 Å². The number of amides is 2. The van der Waals surface area contributed by atoms with Gasteiger partial charge in [0.25, 0.3) is 5.91 Å². The molecule has 0 bridgehead atoms. The summed E-state index contributed by atoms with van der Waals surface area (Å²) in [6.45, 7) is 4.53. The summed E-state index contributed by atoms with van der Waals surface area (Å²) in [5.74, 6) is 5.52. The number of hydrogen-bond acceptors (Lipinski definition) is 4. The summed E-state index contributed by atoms with van der Waals surface area (Å²) in [6.07, 6.45) is 0.849. The largest absolute Gasteiger partial charge is 0.480 e. The van der Waals surface area contributed by atoms with Crippen LogP contribution in [0.4, 0.5) is 5.69 Å². The van der Waals surface area contributed by atoms with E-state index in [1.165, 1.54) is 0 Å². The number of rotatable bonds is 5. The molecule has 1 unspecified atom stereocenters. The predicted molar refractivity (Wildman–Crippen MR) is 79.6 cm³/mol. The van der Waals surface area contributed by atoms with E-state index in [0.717, 1.165) is 18.7 Å². The molecule has 2 rings (SSSR count). The van der Waals surface area contributed by atoms with E-state index in [2.05, 4.69) is 5.43 Å². The second-order valence-electron chi connectivity index (χ2n) is 5.43. The zero-order valence-corrected chi connectivity index (χ0v) is 12.3. The van der Waals surface area contributed by atoms with Crippen LogP contribution in [-0.2, 0) is 9.59 Å². The Bertz CT molecular complexity index is 513. The molecular formula is C15H21N3O3. The van der Waals surface area contributed by atoms with Gasteiger partial charge in [0.2, 0.25) is 5.91 Å². The fraction of sp³-hybridized carbons (Fsp3) is 0.467. The van der Waals surface area contributed by atoms with Crippen LogP contribution >= 0.6 is 0 Å². The summed E-state index contributed by atoms with van der Waals surface area (Å²) in [6, 6.07) is 7.19. The van der Waals surface area contributed by atoms with Gasteiger partial charge in [0.05, 0.1) is 0 Å². The number of hydrazine groups is 1. The van der Waals surface area contributed by atoms with E-state index in [1.54, 1.807) is 17.0 Å². The molecule has 6 heteroatoms. The van der Waals surface area contributed by atoms with E-state index < -0.39 is 6.10 Å². The number of carbonyl (C=O) groups is 2. The second-order valence-corrected chi connectivity index (χ2v) is 5.43. The molecule has 1 aliphatic heterocycles. The molecule has 3 N–H and O–H groups in total. The Morgan fingerprint density at radius 1 is 1.33 bits per heavy atom. The Morgan fingerprint density at radius 3 is 2.48 bits per heavy atom. The molecule has 6 nitrogen and oxygen atoms in total. The first-order valence-corrected chi connectivity index (χ1v) is 7.10. The van der Waals surface area contributed by atoms with Crippen molar-refractivity contribution in [2.45, 2.75) is 32.8 Å². The van der Waals surface area contributed by atoms with Crippen molar-refractivity contribution in [2.24, 2.45) is 11.8 Å². The van der Waals surface area contributed by atoms with Crippen LogP contribution in [0.25, 0.3) is 0 Å². The van der Waals surface area contributed by atoms with Gasteiger partial charge < -0.3 is 9.64 Å². The van der Waals surface area contributed by atoms with Gasteiger partial charge in [-0.25, -0.2) is 5.84 Å². The normalized spacial score (nSPS) is 16.2. The smallest absolute Gasteiger partial charge is 0.275 e. The van der Waals surface area contributed by atoms with E-state index in [1.807, 2.05) is 26.0 Å². The lowest BCUT2D eigenvalue weighted by Gasteiger charge is -2.21. The summed E-state index contributed by atoms with van der Waals surface area (Å²) in [5, 5.41) is 0. The molecule has 1 saturated heterocycles. The summed E-state index contributed by atoms with van der Waals surface area (Å²) < 4.78 is 5.68. The van der Waals surface area contributed by atoms with Crippen LogP contribution in [0, 0.1) is 5.92 Å². The number of ether oxygens (including phenoxy) is 1. The highest BCUT2D eigenvalue weighted by Crippen LogP contribution is 2.25. The maximum Gasteiger partial charge on any atom is 0.275 e. The molecule has 1 heterocycles. The molecule has 0 aromatic heterocycles. The number of hydrogen-bond donors (Lipinski definition) is 2. The van der Waals surface area contributed by atoms with Crippen molar-refractivity contribution in [1.29, 1.82) is 0 Å². The molecule has 114 valence electrons.